The SMILES string of the molecule is O=S(=O)(Nc1ncccc1OCc1ccccc1)C1CCCN1. The summed E-state index contributed by atoms with van der Waals surface area (Å²) in [5.41, 5.74) is 1.00. The maximum absolute atomic E-state index is 12.4. The van der Waals surface area contributed by atoms with Gasteiger partial charge in [0.2, 0.25) is 10.0 Å². The zero-order valence-electron chi connectivity index (χ0n) is 12.6. The highest BCUT2D eigenvalue weighted by molar-refractivity contribution is 7.93. The molecular weight excluding hydrogens is 314 g/mol. The number of aromatic nitrogens is 1. The van der Waals surface area contributed by atoms with Crippen LogP contribution in [0.25, 0.3) is 0 Å². The van der Waals surface area contributed by atoms with Gasteiger partial charge in [0, 0.05) is 6.20 Å². The molecule has 1 aromatic heterocycles. The predicted molar refractivity (Wildman–Crippen MR) is 88.6 cm³/mol. The van der Waals surface area contributed by atoms with Crippen LogP contribution in [0.1, 0.15) is 18.4 Å². The van der Waals surface area contributed by atoms with Crippen molar-refractivity contribution in [2.75, 3.05) is 11.3 Å². The van der Waals surface area contributed by atoms with E-state index in [0.717, 1.165) is 12.0 Å². The molecule has 2 N–H and O–H groups in total. The number of benzene rings is 1. The molecule has 0 amide bonds. The summed E-state index contributed by atoms with van der Waals surface area (Å²) in [4.78, 5) is 4.10. The third-order valence-electron chi connectivity index (χ3n) is 3.64. The first kappa shape index (κ1) is 15.8. The smallest absolute Gasteiger partial charge is 0.250 e. The highest BCUT2D eigenvalue weighted by Gasteiger charge is 2.29. The van der Waals surface area contributed by atoms with E-state index in [2.05, 4.69) is 15.0 Å². The minimum atomic E-state index is -3.52. The molecule has 0 aliphatic carbocycles. The standard InChI is InChI=1S/C16H19N3O3S/c20-23(21,15-9-5-10-17-15)19-16-14(8-4-11-18-16)22-12-13-6-2-1-3-7-13/h1-4,6-8,11,15,17H,5,9-10,12H2,(H,18,19). The van der Waals surface area contributed by atoms with Crippen LogP contribution in [0.4, 0.5) is 5.82 Å². The molecule has 1 aromatic carbocycles. The first-order valence-electron chi connectivity index (χ1n) is 7.52. The van der Waals surface area contributed by atoms with Crippen LogP contribution in [-0.4, -0.2) is 25.3 Å². The quantitative estimate of drug-likeness (QED) is 0.846. The molecule has 23 heavy (non-hydrogen) atoms. The summed E-state index contributed by atoms with van der Waals surface area (Å²) in [7, 11) is -3.52. The molecule has 6 nitrogen and oxygen atoms in total. The zero-order chi connectivity index (χ0) is 16.1. The Labute approximate surface area is 136 Å². The van der Waals surface area contributed by atoms with Gasteiger partial charge in [0.25, 0.3) is 0 Å². The molecule has 0 bridgehead atoms. The fourth-order valence-corrected chi connectivity index (χ4v) is 3.82. The molecule has 3 rings (SSSR count). The summed E-state index contributed by atoms with van der Waals surface area (Å²) in [6.07, 6.45) is 2.99. The van der Waals surface area contributed by atoms with Crippen molar-refractivity contribution in [2.45, 2.75) is 24.8 Å². The first-order valence-corrected chi connectivity index (χ1v) is 9.06. The number of sulfonamides is 1. The molecule has 0 spiro atoms. The fourth-order valence-electron chi connectivity index (χ4n) is 2.44. The average Bonchev–Trinajstić information content (AvgIpc) is 3.10. The molecular formula is C16H19N3O3S. The van der Waals surface area contributed by atoms with E-state index in [-0.39, 0.29) is 5.82 Å². The number of nitrogens with zero attached hydrogens (tertiary/aromatic N) is 1. The Bertz CT molecular complexity index is 744. The summed E-state index contributed by atoms with van der Waals surface area (Å²) in [6.45, 7) is 1.06. The number of hydrogen-bond acceptors (Lipinski definition) is 5. The molecule has 0 radical (unpaired) electrons. The minimum absolute atomic E-state index is 0.220. The first-order chi connectivity index (χ1) is 11.1. The fraction of sp³-hybridized carbons (Fsp3) is 0.312. The molecule has 1 saturated heterocycles. The predicted octanol–water partition coefficient (Wildman–Crippen LogP) is 2.11. The van der Waals surface area contributed by atoms with E-state index >= 15 is 0 Å². The number of rotatable bonds is 6. The van der Waals surface area contributed by atoms with Crippen molar-refractivity contribution in [3.8, 4) is 5.75 Å². The van der Waals surface area contributed by atoms with Gasteiger partial charge in [-0.3, -0.25) is 10.0 Å². The Morgan fingerprint density at radius 2 is 2.04 bits per heavy atom. The largest absolute Gasteiger partial charge is 0.485 e. The lowest BCUT2D eigenvalue weighted by atomic mass is 10.2. The van der Waals surface area contributed by atoms with Gasteiger partial charge in [0.15, 0.2) is 11.6 Å². The minimum Gasteiger partial charge on any atom is -0.485 e. The summed E-state index contributed by atoms with van der Waals surface area (Å²) in [6, 6.07) is 13.1. The van der Waals surface area contributed by atoms with Crippen molar-refractivity contribution >= 4 is 15.8 Å². The lowest BCUT2D eigenvalue weighted by Gasteiger charge is -2.16. The van der Waals surface area contributed by atoms with E-state index < -0.39 is 15.4 Å². The summed E-state index contributed by atoms with van der Waals surface area (Å²) in [5.74, 6) is 0.634. The Morgan fingerprint density at radius 1 is 1.22 bits per heavy atom. The van der Waals surface area contributed by atoms with Crippen LogP contribution in [-0.2, 0) is 16.6 Å². The Hall–Kier alpha value is -2.12. The number of nitrogens with one attached hydrogen (secondary N) is 2. The summed E-state index contributed by atoms with van der Waals surface area (Å²) < 4.78 is 33.0. The molecule has 1 unspecified atom stereocenters. The van der Waals surface area contributed by atoms with Crippen LogP contribution in [0, 0.1) is 0 Å². The molecule has 0 saturated carbocycles. The second-order valence-corrected chi connectivity index (χ2v) is 7.22. The van der Waals surface area contributed by atoms with E-state index in [1.54, 1.807) is 12.1 Å². The maximum atomic E-state index is 12.4. The van der Waals surface area contributed by atoms with Gasteiger partial charge in [0.05, 0.1) is 0 Å². The van der Waals surface area contributed by atoms with Crippen LogP contribution in [0.2, 0.25) is 0 Å². The number of hydrogen-bond donors (Lipinski definition) is 2. The van der Waals surface area contributed by atoms with E-state index in [1.807, 2.05) is 30.3 Å². The molecule has 2 aromatic rings. The van der Waals surface area contributed by atoms with Crippen LogP contribution in [0.3, 0.4) is 0 Å². The Morgan fingerprint density at radius 3 is 2.78 bits per heavy atom. The van der Waals surface area contributed by atoms with Crippen molar-refractivity contribution in [3.63, 3.8) is 0 Å². The van der Waals surface area contributed by atoms with Crippen molar-refractivity contribution < 1.29 is 13.2 Å². The van der Waals surface area contributed by atoms with E-state index in [1.165, 1.54) is 6.20 Å². The molecule has 1 atom stereocenters. The van der Waals surface area contributed by atoms with Crippen molar-refractivity contribution in [1.82, 2.24) is 10.3 Å². The summed E-state index contributed by atoms with van der Waals surface area (Å²) >= 11 is 0. The Balaban J connectivity index is 1.73. The van der Waals surface area contributed by atoms with Crippen LogP contribution >= 0.6 is 0 Å². The van der Waals surface area contributed by atoms with Crippen molar-refractivity contribution in [1.29, 1.82) is 0 Å². The average molecular weight is 333 g/mol. The van der Waals surface area contributed by atoms with Gasteiger partial charge in [0.1, 0.15) is 12.0 Å². The van der Waals surface area contributed by atoms with Crippen molar-refractivity contribution in [2.24, 2.45) is 0 Å². The second-order valence-electron chi connectivity index (χ2n) is 5.36. The third kappa shape index (κ3) is 4.00. The monoisotopic (exact) mass is 333 g/mol. The molecule has 2 heterocycles. The van der Waals surface area contributed by atoms with Gasteiger partial charge in [-0.1, -0.05) is 30.3 Å². The molecule has 7 heteroatoms. The molecule has 122 valence electrons. The topological polar surface area (TPSA) is 80.3 Å². The van der Waals surface area contributed by atoms with Gasteiger partial charge in [-0.2, -0.15) is 0 Å². The Kier molecular flexibility index (Phi) is 4.78. The second kappa shape index (κ2) is 6.97. The van der Waals surface area contributed by atoms with Gasteiger partial charge in [-0.25, -0.2) is 13.4 Å². The highest BCUT2D eigenvalue weighted by atomic mass is 32.2. The normalized spacial score (nSPS) is 17.8. The number of pyridine rings is 1. The van der Waals surface area contributed by atoms with Gasteiger partial charge in [-0.05, 0) is 37.1 Å². The maximum Gasteiger partial charge on any atom is 0.250 e. The zero-order valence-corrected chi connectivity index (χ0v) is 13.4. The number of ether oxygens (including phenoxy) is 1. The van der Waals surface area contributed by atoms with E-state index in [9.17, 15) is 8.42 Å². The molecule has 1 aliphatic rings. The van der Waals surface area contributed by atoms with E-state index in [0.29, 0.717) is 25.3 Å². The summed E-state index contributed by atoms with van der Waals surface area (Å²) in [5, 5.41) is 2.40. The number of anilines is 1. The van der Waals surface area contributed by atoms with Gasteiger partial charge < -0.3 is 4.74 Å². The lowest BCUT2D eigenvalue weighted by molar-refractivity contribution is 0.307. The molecule has 1 fully saturated rings. The van der Waals surface area contributed by atoms with Gasteiger partial charge >= 0.3 is 0 Å². The molecule has 1 aliphatic heterocycles. The van der Waals surface area contributed by atoms with Crippen molar-refractivity contribution in [3.05, 3.63) is 54.2 Å². The third-order valence-corrected chi connectivity index (χ3v) is 5.27. The van der Waals surface area contributed by atoms with Crippen LogP contribution in [0.15, 0.2) is 48.7 Å². The highest BCUT2D eigenvalue weighted by Crippen LogP contribution is 2.25. The van der Waals surface area contributed by atoms with Crippen LogP contribution in [0.5, 0.6) is 5.75 Å². The van der Waals surface area contributed by atoms with Crippen LogP contribution < -0.4 is 14.8 Å². The van der Waals surface area contributed by atoms with Gasteiger partial charge in [-0.15, -0.1) is 0 Å². The van der Waals surface area contributed by atoms with E-state index in [4.69, 9.17) is 4.74 Å². The lowest BCUT2D eigenvalue weighted by Crippen LogP contribution is -2.35.